The first-order valence-corrected chi connectivity index (χ1v) is 13.3. The van der Waals surface area contributed by atoms with E-state index in [1.807, 2.05) is 4.90 Å². The molecule has 0 spiro atoms. The van der Waals surface area contributed by atoms with Crippen molar-refractivity contribution < 1.29 is 21.6 Å². The predicted molar refractivity (Wildman–Crippen MR) is 130 cm³/mol. The van der Waals surface area contributed by atoms with Gasteiger partial charge >= 0.3 is 6.18 Å². The summed E-state index contributed by atoms with van der Waals surface area (Å²) in [6.45, 7) is 2.89. The van der Waals surface area contributed by atoms with Crippen LogP contribution in [0.25, 0.3) is 5.65 Å². The van der Waals surface area contributed by atoms with Gasteiger partial charge in [0.25, 0.3) is 0 Å². The maximum absolute atomic E-state index is 12.8. The van der Waals surface area contributed by atoms with Crippen molar-refractivity contribution in [2.45, 2.75) is 36.9 Å². The van der Waals surface area contributed by atoms with Gasteiger partial charge in [-0.25, -0.2) is 32.9 Å². The van der Waals surface area contributed by atoms with Gasteiger partial charge in [0.2, 0.25) is 5.95 Å². The summed E-state index contributed by atoms with van der Waals surface area (Å²) in [5.74, 6) is 0.418. The third-order valence-electron chi connectivity index (χ3n) is 6.30. The van der Waals surface area contributed by atoms with E-state index >= 15 is 0 Å². The van der Waals surface area contributed by atoms with Crippen LogP contribution in [-0.2, 0) is 16.0 Å². The van der Waals surface area contributed by atoms with Crippen LogP contribution in [0.3, 0.4) is 0 Å². The Morgan fingerprint density at radius 1 is 1.00 bits per heavy atom. The Bertz CT molecular complexity index is 1550. The van der Waals surface area contributed by atoms with E-state index in [0.29, 0.717) is 35.8 Å². The molecule has 0 aromatic carbocycles. The van der Waals surface area contributed by atoms with E-state index in [9.17, 15) is 21.6 Å². The first-order chi connectivity index (χ1) is 17.5. The summed E-state index contributed by atoms with van der Waals surface area (Å²) in [7, 11) is -3.41. The normalized spacial score (nSPS) is 15.3. The molecular formula is C23H23F3N8O2S. The molecule has 4 aromatic rings. The fourth-order valence-electron chi connectivity index (χ4n) is 4.32. The van der Waals surface area contributed by atoms with Gasteiger partial charge in [-0.1, -0.05) is 0 Å². The average Bonchev–Trinajstić information content (AvgIpc) is 3.29. The minimum Gasteiger partial charge on any atom is -0.351 e. The molecule has 4 aromatic heterocycles. The lowest BCUT2D eigenvalue weighted by atomic mass is 9.94. The second kappa shape index (κ2) is 9.25. The molecular weight excluding hydrogens is 509 g/mol. The molecule has 0 amide bonds. The van der Waals surface area contributed by atoms with E-state index in [1.54, 1.807) is 36.0 Å². The lowest BCUT2D eigenvalue weighted by Gasteiger charge is -2.31. The number of sulfone groups is 1. The Labute approximate surface area is 210 Å². The van der Waals surface area contributed by atoms with Crippen molar-refractivity contribution in [1.82, 2.24) is 29.5 Å². The summed E-state index contributed by atoms with van der Waals surface area (Å²) in [6, 6.07) is 4.90. The Morgan fingerprint density at radius 3 is 2.32 bits per heavy atom. The Hall–Kier alpha value is -3.81. The molecule has 37 heavy (non-hydrogen) atoms. The van der Waals surface area contributed by atoms with Crippen LogP contribution in [-0.4, -0.2) is 57.3 Å². The van der Waals surface area contributed by atoms with Crippen molar-refractivity contribution in [3.8, 4) is 0 Å². The molecule has 1 saturated heterocycles. The van der Waals surface area contributed by atoms with E-state index in [0.717, 1.165) is 37.2 Å². The molecule has 1 aliphatic heterocycles. The van der Waals surface area contributed by atoms with Crippen molar-refractivity contribution in [3.63, 3.8) is 0 Å². The summed E-state index contributed by atoms with van der Waals surface area (Å²) < 4.78 is 63.7. The van der Waals surface area contributed by atoms with Crippen molar-refractivity contribution in [2.24, 2.45) is 0 Å². The van der Waals surface area contributed by atoms with E-state index in [4.69, 9.17) is 0 Å². The van der Waals surface area contributed by atoms with Gasteiger partial charge in [-0.15, -0.1) is 0 Å². The fraction of sp³-hybridized carbons (Fsp3) is 0.348. The van der Waals surface area contributed by atoms with E-state index in [-0.39, 0.29) is 16.9 Å². The monoisotopic (exact) mass is 532 g/mol. The molecule has 0 unspecified atom stereocenters. The maximum Gasteiger partial charge on any atom is 0.419 e. The molecule has 0 radical (unpaired) electrons. The van der Waals surface area contributed by atoms with Crippen LogP contribution in [0.15, 0.2) is 48.0 Å². The molecule has 194 valence electrons. The van der Waals surface area contributed by atoms with Crippen molar-refractivity contribution in [2.75, 3.05) is 29.6 Å². The minimum absolute atomic E-state index is 0.00607. The highest BCUT2D eigenvalue weighted by molar-refractivity contribution is 7.90. The summed E-state index contributed by atoms with van der Waals surface area (Å²) in [5, 5.41) is 7.75. The van der Waals surface area contributed by atoms with Gasteiger partial charge in [0, 0.05) is 37.7 Å². The number of fused-ring (bicyclic) bond motifs is 1. The van der Waals surface area contributed by atoms with Gasteiger partial charge in [-0.2, -0.15) is 18.3 Å². The maximum atomic E-state index is 12.8. The van der Waals surface area contributed by atoms with Crippen molar-refractivity contribution in [1.29, 1.82) is 0 Å². The molecule has 0 bridgehead atoms. The van der Waals surface area contributed by atoms with Crippen LogP contribution in [0.4, 0.5) is 30.5 Å². The predicted octanol–water partition coefficient (Wildman–Crippen LogP) is 3.77. The molecule has 0 saturated carbocycles. The van der Waals surface area contributed by atoms with Gasteiger partial charge in [0.15, 0.2) is 20.5 Å². The number of aryl methyl sites for hydroxylation is 1. The highest BCUT2D eigenvalue weighted by Crippen LogP contribution is 2.33. The number of alkyl halides is 3. The molecule has 5 heterocycles. The number of rotatable bonds is 5. The lowest BCUT2D eigenvalue weighted by molar-refractivity contribution is -0.138. The summed E-state index contributed by atoms with van der Waals surface area (Å²) in [4.78, 5) is 18.4. The Kier molecular flexibility index (Phi) is 6.22. The molecule has 5 rings (SSSR count). The number of nitrogens with zero attached hydrogens (tertiary/aromatic N) is 7. The van der Waals surface area contributed by atoms with Gasteiger partial charge < -0.3 is 10.2 Å². The van der Waals surface area contributed by atoms with Crippen LogP contribution in [0.2, 0.25) is 0 Å². The lowest BCUT2D eigenvalue weighted by Crippen LogP contribution is -2.34. The standard InChI is InChI=1S/C23H23F3N8O2S/c1-14-17(3-4-20(31-14)37(2,35)36)32-18-5-8-30-34-19(13-27-21(18)34)15-6-9-33(10-7-15)22-28-11-16(12-29-22)23(24,25)26/h3-5,8,11-13,15,32H,6-7,9-10H2,1-2H3. The number of nitrogens with one attached hydrogen (secondary N) is 1. The first kappa shape index (κ1) is 24.9. The quantitative estimate of drug-likeness (QED) is 0.410. The molecule has 1 fully saturated rings. The number of hydrogen-bond acceptors (Lipinski definition) is 9. The largest absolute Gasteiger partial charge is 0.419 e. The van der Waals surface area contributed by atoms with E-state index < -0.39 is 21.6 Å². The first-order valence-electron chi connectivity index (χ1n) is 11.4. The zero-order chi connectivity index (χ0) is 26.4. The minimum atomic E-state index is -4.47. The third-order valence-corrected chi connectivity index (χ3v) is 7.29. The Morgan fingerprint density at radius 2 is 1.70 bits per heavy atom. The highest BCUT2D eigenvalue weighted by atomic mass is 32.2. The number of piperidine rings is 1. The second-order valence-corrected chi connectivity index (χ2v) is 10.8. The highest BCUT2D eigenvalue weighted by Gasteiger charge is 2.32. The molecule has 1 N–H and O–H groups in total. The zero-order valence-electron chi connectivity index (χ0n) is 19.9. The van der Waals surface area contributed by atoms with Crippen LogP contribution in [0, 0.1) is 6.92 Å². The Balaban J connectivity index is 1.32. The van der Waals surface area contributed by atoms with Gasteiger partial charge in [0.1, 0.15) is 0 Å². The number of hydrogen-bond donors (Lipinski definition) is 1. The molecule has 0 atom stereocenters. The number of anilines is 3. The van der Waals surface area contributed by atoms with Crippen molar-refractivity contribution in [3.05, 3.63) is 59.9 Å². The van der Waals surface area contributed by atoms with E-state index in [1.165, 1.54) is 6.07 Å². The van der Waals surface area contributed by atoms with Gasteiger partial charge in [-0.3, -0.25) is 0 Å². The number of pyridine rings is 1. The third kappa shape index (κ3) is 5.05. The summed E-state index contributed by atoms with van der Waals surface area (Å²) >= 11 is 0. The number of imidazole rings is 1. The van der Waals surface area contributed by atoms with Gasteiger partial charge in [-0.05, 0) is 38.0 Å². The molecule has 0 aliphatic carbocycles. The molecule has 10 nitrogen and oxygen atoms in total. The van der Waals surface area contributed by atoms with E-state index in [2.05, 4.69) is 30.4 Å². The number of aromatic nitrogens is 6. The van der Waals surface area contributed by atoms with Crippen LogP contribution in [0.5, 0.6) is 0 Å². The zero-order valence-corrected chi connectivity index (χ0v) is 20.8. The average molecular weight is 533 g/mol. The van der Waals surface area contributed by atoms with Crippen LogP contribution < -0.4 is 10.2 Å². The van der Waals surface area contributed by atoms with Gasteiger partial charge in [0.05, 0.1) is 40.7 Å². The smallest absolute Gasteiger partial charge is 0.351 e. The number of halogens is 3. The summed E-state index contributed by atoms with van der Waals surface area (Å²) in [6.07, 6.45) is 3.15. The SMILES string of the molecule is Cc1nc(S(C)(=O)=O)ccc1Nc1ccnn2c(C3CCN(c4ncc(C(F)(F)F)cn4)CC3)cnc12. The van der Waals surface area contributed by atoms with Crippen LogP contribution >= 0.6 is 0 Å². The summed E-state index contributed by atoms with van der Waals surface area (Å²) in [5.41, 5.74) is 2.53. The molecule has 1 aliphatic rings. The van der Waals surface area contributed by atoms with Crippen LogP contribution in [0.1, 0.15) is 35.7 Å². The van der Waals surface area contributed by atoms with Crippen molar-refractivity contribution >= 4 is 32.8 Å². The topological polar surface area (TPSA) is 118 Å². The fourth-order valence-corrected chi connectivity index (χ4v) is 4.93. The molecule has 14 heteroatoms. The second-order valence-electron chi connectivity index (χ2n) is 8.87.